The first-order chi connectivity index (χ1) is 8.72. The van der Waals surface area contributed by atoms with Crippen LogP contribution in [0.5, 0.6) is 0 Å². The number of nitrogens with two attached hydrogens (primary N) is 1. The van der Waals surface area contributed by atoms with E-state index in [-0.39, 0.29) is 6.04 Å². The average Bonchev–Trinajstić information content (AvgIpc) is 2.73. The summed E-state index contributed by atoms with van der Waals surface area (Å²) in [5.74, 6) is 4.52. The van der Waals surface area contributed by atoms with Crippen molar-refractivity contribution >= 4 is 22.9 Å². The molecule has 4 bridgehead atoms. The summed E-state index contributed by atoms with van der Waals surface area (Å²) >= 11 is 8.02. The molecule has 2 N–H and O–H groups in total. The van der Waals surface area contributed by atoms with Crippen LogP contribution in [0.25, 0.3) is 0 Å². The van der Waals surface area contributed by atoms with E-state index in [1.807, 2.05) is 6.07 Å². The highest BCUT2D eigenvalue weighted by molar-refractivity contribution is 7.10. The fourth-order valence-corrected chi connectivity index (χ4v) is 6.51. The first-order valence-corrected chi connectivity index (χ1v) is 8.46. The second-order valence-electron chi connectivity index (χ2n) is 6.67. The topological polar surface area (TPSA) is 26.0 Å². The van der Waals surface area contributed by atoms with Crippen LogP contribution in [0.15, 0.2) is 11.4 Å². The highest BCUT2D eigenvalue weighted by atomic mass is 35.5. The van der Waals surface area contributed by atoms with E-state index >= 15 is 0 Å². The van der Waals surface area contributed by atoms with E-state index in [4.69, 9.17) is 17.3 Å². The number of halogens is 1. The number of thiophene rings is 1. The zero-order valence-electron chi connectivity index (χ0n) is 10.5. The predicted octanol–water partition coefficient (Wildman–Crippen LogP) is 4.47. The molecule has 1 nitrogen and oxygen atoms in total. The summed E-state index contributed by atoms with van der Waals surface area (Å²) in [6.07, 6.45) is 7.26. The molecule has 98 valence electrons. The fraction of sp³-hybridized carbons (Fsp3) is 0.733. The van der Waals surface area contributed by atoms with Gasteiger partial charge in [0, 0.05) is 10.9 Å². The smallest absolute Gasteiger partial charge is 0.0561 e. The molecule has 1 aromatic rings. The van der Waals surface area contributed by atoms with Crippen LogP contribution in [0.1, 0.15) is 43.0 Å². The van der Waals surface area contributed by atoms with E-state index in [1.54, 1.807) is 11.3 Å². The van der Waals surface area contributed by atoms with Gasteiger partial charge < -0.3 is 5.73 Å². The van der Waals surface area contributed by atoms with Crippen LogP contribution in [-0.4, -0.2) is 0 Å². The molecule has 4 fully saturated rings. The Morgan fingerprint density at radius 2 is 1.72 bits per heavy atom. The summed E-state index contributed by atoms with van der Waals surface area (Å²) in [4.78, 5) is 1.23. The minimum absolute atomic E-state index is 0.187. The van der Waals surface area contributed by atoms with Crippen molar-refractivity contribution in [3.63, 3.8) is 0 Å². The molecule has 0 radical (unpaired) electrons. The van der Waals surface area contributed by atoms with Crippen molar-refractivity contribution in [3.05, 3.63) is 21.3 Å². The Hall–Kier alpha value is -0.0500. The van der Waals surface area contributed by atoms with Crippen molar-refractivity contribution in [2.45, 2.75) is 38.1 Å². The van der Waals surface area contributed by atoms with Gasteiger partial charge >= 0.3 is 0 Å². The maximum Gasteiger partial charge on any atom is 0.0561 e. The van der Waals surface area contributed by atoms with Crippen LogP contribution >= 0.6 is 22.9 Å². The lowest BCUT2D eigenvalue weighted by Gasteiger charge is -2.56. The lowest BCUT2D eigenvalue weighted by atomic mass is 9.50. The van der Waals surface area contributed by atoms with Gasteiger partial charge in [0.05, 0.1) is 5.02 Å². The predicted molar refractivity (Wildman–Crippen MR) is 76.8 cm³/mol. The summed E-state index contributed by atoms with van der Waals surface area (Å²) in [5, 5.41) is 2.97. The highest BCUT2D eigenvalue weighted by Gasteiger charge is 2.50. The third-order valence-corrected chi connectivity index (χ3v) is 7.12. The Morgan fingerprint density at radius 3 is 2.22 bits per heavy atom. The first-order valence-electron chi connectivity index (χ1n) is 7.21. The average molecular weight is 282 g/mol. The van der Waals surface area contributed by atoms with E-state index < -0.39 is 0 Å². The molecule has 0 amide bonds. The summed E-state index contributed by atoms with van der Waals surface area (Å²) in [6, 6.07) is 2.19. The molecule has 1 atom stereocenters. The molecule has 0 aromatic carbocycles. The standard InChI is InChI=1S/C15H20ClNS/c16-12-1-2-18-15(12)14(17)13-10-4-8-3-9(6-10)7-11(13)5-8/h1-2,8-11,13-14H,3-7,17H2. The third kappa shape index (κ3) is 1.69. The molecule has 4 aliphatic rings. The van der Waals surface area contributed by atoms with E-state index in [0.29, 0.717) is 5.92 Å². The Kier molecular flexibility index (Phi) is 2.76. The Balaban J connectivity index is 1.63. The van der Waals surface area contributed by atoms with E-state index in [2.05, 4.69) is 5.38 Å². The van der Waals surface area contributed by atoms with Gasteiger partial charge in [0.15, 0.2) is 0 Å². The van der Waals surface area contributed by atoms with Gasteiger partial charge in [-0.1, -0.05) is 11.6 Å². The van der Waals surface area contributed by atoms with E-state index in [0.717, 1.165) is 28.7 Å². The highest BCUT2D eigenvalue weighted by Crippen LogP contribution is 2.59. The molecule has 3 heteroatoms. The Bertz CT molecular complexity index is 427. The second-order valence-corrected chi connectivity index (χ2v) is 8.02. The van der Waals surface area contributed by atoms with E-state index in [9.17, 15) is 0 Å². The summed E-state index contributed by atoms with van der Waals surface area (Å²) in [6.45, 7) is 0. The molecule has 18 heavy (non-hydrogen) atoms. The molecule has 1 heterocycles. The van der Waals surface area contributed by atoms with Gasteiger partial charge in [-0.05, 0) is 73.1 Å². The lowest BCUT2D eigenvalue weighted by Crippen LogP contribution is -2.48. The van der Waals surface area contributed by atoms with Gasteiger partial charge in [0.25, 0.3) is 0 Å². The summed E-state index contributed by atoms with van der Waals surface area (Å²) in [5.41, 5.74) is 6.59. The number of hydrogen-bond donors (Lipinski definition) is 1. The summed E-state index contributed by atoms with van der Waals surface area (Å²) < 4.78 is 0. The molecular formula is C15H20ClNS. The molecular weight excluding hydrogens is 262 g/mol. The Labute approximate surface area is 118 Å². The molecule has 0 spiro atoms. The van der Waals surface area contributed by atoms with Gasteiger partial charge in [-0.3, -0.25) is 0 Å². The molecule has 5 rings (SSSR count). The van der Waals surface area contributed by atoms with Crippen LogP contribution in [0.2, 0.25) is 5.02 Å². The maximum atomic E-state index is 6.59. The molecule has 1 aromatic heterocycles. The van der Waals surface area contributed by atoms with Gasteiger partial charge in [0.1, 0.15) is 0 Å². The van der Waals surface area contributed by atoms with Gasteiger partial charge in [-0.25, -0.2) is 0 Å². The zero-order valence-corrected chi connectivity index (χ0v) is 12.1. The van der Waals surface area contributed by atoms with Gasteiger partial charge in [0.2, 0.25) is 0 Å². The SMILES string of the molecule is NC(c1sccc1Cl)C1C2CC3CC(C2)CC1C3. The fourth-order valence-electron chi connectivity index (χ4n) is 5.27. The minimum Gasteiger partial charge on any atom is -0.323 e. The van der Waals surface area contributed by atoms with Crippen molar-refractivity contribution in [3.8, 4) is 0 Å². The second kappa shape index (κ2) is 4.22. The minimum atomic E-state index is 0.187. The molecule has 4 aliphatic carbocycles. The van der Waals surface area contributed by atoms with Crippen molar-refractivity contribution < 1.29 is 0 Å². The van der Waals surface area contributed by atoms with Crippen LogP contribution < -0.4 is 5.73 Å². The molecule has 1 unspecified atom stereocenters. The largest absolute Gasteiger partial charge is 0.323 e. The summed E-state index contributed by atoms with van der Waals surface area (Å²) in [7, 11) is 0. The van der Waals surface area contributed by atoms with Crippen molar-refractivity contribution in [2.75, 3.05) is 0 Å². The van der Waals surface area contributed by atoms with E-state index in [1.165, 1.54) is 37.0 Å². The van der Waals surface area contributed by atoms with Crippen molar-refractivity contribution in [2.24, 2.45) is 35.3 Å². The normalized spacial score (nSPS) is 43.3. The first kappa shape index (κ1) is 11.7. The molecule has 0 aliphatic heterocycles. The maximum absolute atomic E-state index is 6.59. The molecule has 0 saturated heterocycles. The third-order valence-electron chi connectivity index (χ3n) is 5.66. The van der Waals surface area contributed by atoms with Crippen molar-refractivity contribution in [1.82, 2.24) is 0 Å². The molecule has 4 saturated carbocycles. The quantitative estimate of drug-likeness (QED) is 0.850. The number of hydrogen-bond acceptors (Lipinski definition) is 2. The monoisotopic (exact) mass is 281 g/mol. The van der Waals surface area contributed by atoms with Crippen LogP contribution in [-0.2, 0) is 0 Å². The van der Waals surface area contributed by atoms with Crippen LogP contribution in [0, 0.1) is 29.6 Å². The van der Waals surface area contributed by atoms with Crippen LogP contribution in [0.4, 0.5) is 0 Å². The Morgan fingerprint density at radius 1 is 1.11 bits per heavy atom. The van der Waals surface area contributed by atoms with Crippen LogP contribution in [0.3, 0.4) is 0 Å². The lowest BCUT2D eigenvalue weighted by molar-refractivity contribution is -0.0467. The number of rotatable bonds is 2. The van der Waals surface area contributed by atoms with Crippen molar-refractivity contribution in [1.29, 1.82) is 0 Å². The van der Waals surface area contributed by atoms with Gasteiger partial charge in [-0.2, -0.15) is 0 Å². The van der Waals surface area contributed by atoms with Gasteiger partial charge in [-0.15, -0.1) is 11.3 Å². The zero-order chi connectivity index (χ0) is 12.3.